The summed E-state index contributed by atoms with van der Waals surface area (Å²) in [6.07, 6.45) is 6.23. The van der Waals surface area contributed by atoms with E-state index in [2.05, 4.69) is 10.3 Å². The highest BCUT2D eigenvalue weighted by Crippen LogP contribution is 2.26. The minimum Gasteiger partial charge on any atom is -0.481 e. The Morgan fingerprint density at radius 2 is 2.00 bits per heavy atom. The molecule has 1 heterocycles. The van der Waals surface area contributed by atoms with E-state index in [0.29, 0.717) is 19.4 Å². The molecule has 1 aromatic rings. The van der Waals surface area contributed by atoms with Gasteiger partial charge >= 0.3 is 5.97 Å². The lowest BCUT2D eigenvalue weighted by molar-refractivity contribution is -0.147. The van der Waals surface area contributed by atoms with E-state index in [1.165, 1.54) is 0 Å². The molecule has 0 fully saturated rings. The molecule has 2 atom stereocenters. The maximum absolute atomic E-state index is 12.1. The smallest absolute Gasteiger partial charge is 0.307 e. The number of carboxylic acid groups (broad SMARTS) is 1. The Morgan fingerprint density at radius 1 is 1.26 bits per heavy atom. The van der Waals surface area contributed by atoms with Gasteiger partial charge in [0.25, 0.3) is 0 Å². The van der Waals surface area contributed by atoms with Gasteiger partial charge in [0, 0.05) is 6.20 Å². The van der Waals surface area contributed by atoms with Gasteiger partial charge in [0.05, 0.1) is 24.1 Å². The van der Waals surface area contributed by atoms with Crippen LogP contribution in [0.1, 0.15) is 18.5 Å². The fraction of sp³-hybridized carbons (Fsp3) is 0.357. The van der Waals surface area contributed by atoms with E-state index in [0.717, 1.165) is 5.69 Å². The number of rotatable bonds is 4. The van der Waals surface area contributed by atoms with Crippen molar-refractivity contribution in [3.8, 4) is 0 Å². The van der Waals surface area contributed by atoms with E-state index in [9.17, 15) is 9.59 Å². The van der Waals surface area contributed by atoms with Gasteiger partial charge in [-0.05, 0) is 25.0 Å². The summed E-state index contributed by atoms with van der Waals surface area (Å²) in [5.74, 6) is -2.26. The minimum absolute atomic E-state index is 0.220. The first-order valence-electron chi connectivity index (χ1n) is 6.24. The number of allylic oxidation sites excluding steroid dienone is 2. The summed E-state index contributed by atoms with van der Waals surface area (Å²) in [4.78, 5) is 27.3. The molecule has 0 saturated carbocycles. The van der Waals surface area contributed by atoms with Crippen molar-refractivity contribution in [2.45, 2.75) is 19.4 Å². The maximum Gasteiger partial charge on any atom is 0.307 e. The van der Waals surface area contributed by atoms with Crippen LogP contribution in [0.5, 0.6) is 0 Å². The fourth-order valence-electron chi connectivity index (χ4n) is 2.19. The van der Waals surface area contributed by atoms with Crippen LogP contribution in [0, 0.1) is 11.8 Å². The van der Waals surface area contributed by atoms with Crippen LogP contribution in [0.15, 0.2) is 36.5 Å². The van der Waals surface area contributed by atoms with Crippen molar-refractivity contribution >= 4 is 11.9 Å². The predicted molar refractivity (Wildman–Crippen MR) is 69.1 cm³/mol. The number of carboxylic acids is 1. The summed E-state index contributed by atoms with van der Waals surface area (Å²) >= 11 is 0. The van der Waals surface area contributed by atoms with Crippen LogP contribution in [0.3, 0.4) is 0 Å². The quantitative estimate of drug-likeness (QED) is 0.801. The molecular formula is C14H16N2O3. The highest BCUT2D eigenvalue weighted by molar-refractivity contribution is 5.85. The Bertz CT molecular complexity index is 485. The molecule has 0 aromatic carbocycles. The summed E-state index contributed by atoms with van der Waals surface area (Å²) < 4.78 is 0. The number of pyridine rings is 1. The molecular weight excluding hydrogens is 244 g/mol. The molecule has 0 spiro atoms. The van der Waals surface area contributed by atoms with E-state index < -0.39 is 17.8 Å². The second-order valence-electron chi connectivity index (χ2n) is 4.53. The Labute approximate surface area is 111 Å². The average molecular weight is 260 g/mol. The maximum atomic E-state index is 12.1. The number of carbonyl (C=O) groups is 2. The number of hydrogen-bond donors (Lipinski definition) is 2. The van der Waals surface area contributed by atoms with Crippen LogP contribution in [0.25, 0.3) is 0 Å². The van der Waals surface area contributed by atoms with Gasteiger partial charge in [-0.1, -0.05) is 18.2 Å². The first-order chi connectivity index (χ1) is 9.18. The molecule has 1 amide bonds. The van der Waals surface area contributed by atoms with E-state index in [-0.39, 0.29) is 5.91 Å². The van der Waals surface area contributed by atoms with Crippen molar-refractivity contribution < 1.29 is 14.7 Å². The first-order valence-corrected chi connectivity index (χ1v) is 6.24. The summed E-state index contributed by atoms with van der Waals surface area (Å²) in [6, 6.07) is 5.46. The zero-order valence-corrected chi connectivity index (χ0v) is 10.5. The van der Waals surface area contributed by atoms with E-state index in [1.807, 2.05) is 24.3 Å². The van der Waals surface area contributed by atoms with Gasteiger partial charge in [0.15, 0.2) is 0 Å². The van der Waals surface area contributed by atoms with Crippen molar-refractivity contribution in [3.05, 3.63) is 42.2 Å². The number of nitrogens with one attached hydrogen (secondary N) is 1. The molecule has 1 aromatic heterocycles. The third kappa shape index (κ3) is 3.40. The molecule has 0 bridgehead atoms. The largest absolute Gasteiger partial charge is 0.481 e. The summed E-state index contributed by atoms with van der Waals surface area (Å²) in [5.41, 5.74) is 0.758. The molecule has 100 valence electrons. The van der Waals surface area contributed by atoms with Gasteiger partial charge in [-0.25, -0.2) is 0 Å². The van der Waals surface area contributed by atoms with Gasteiger partial charge in [-0.3, -0.25) is 14.6 Å². The second kappa shape index (κ2) is 6.13. The molecule has 0 radical (unpaired) electrons. The molecule has 1 aliphatic carbocycles. The molecule has 2 N–H and O–H groups in total. The molecule has 0 aliphatic heterocycles. The topological polar surface area (TPSA) is 79.3 Å². The third-order valence-electron chi connectivity index (χ3n) is 3.26. The Morgan fingerprint density at radius 3 is 2.63 bits per heavy atom. The van der Waals surface area contributed by atoms with Gasteiger partial charge < -0.3 is 10.4 Å². The average Bonchev–Trinajstić information content (AvgIpc) is 2.46. The van der Waals surface area contributed by atoms with Gasteiger partial charge in [-0.2, -0.15) is 0 Å². The standard InChI is InChI=1S/C14H16N2O3/c17-13(16-9-10-5-3-4-8-15-10)11-6-1-2-7-12(11)14(18)19/h1-5,8,11-12H,6-7,9H2,(H,16,17)(H,18,19)/t11-,12+/m1/s1. The zero-order valence-electron chi connectivity index (χ0n) is 10.5. The van der Waals surface area contributed by atoms with Crippen LogP contribution < -0.4 is 5.32 Å². The lowest BCUT2D eigenvalue weighted by atomic mass is 9.82. The highest BCUT2D eigenvalue weighted by atomic mass is 16.4. The first kappa shape index (κ1) is 13.3. The molecule has 2 rings (SSSR count). The highest BCUT2D eigenvalue weighted by Gasteiger charge is 2.33. The normalized spacial score (nSPS) is 21.9. The fourth-order valence-corrected chi connectivity index (χ4v) is 2.19. The number of nitrogens with zero attached hydrogens (tertiary/aromatic N) is 1. The van der Waals surface area contributed by atoms with Crippen molar-refractivity contribution in [2.75, 3.05) is 0 Å². The molecule has 5 heteroatoms. The minimum atomic E-state index is -0.915. The van der Waals surface area contributed by atoms with Gasteiger partial charge in [0.2, 0.25) is 5.91 Å². The van der Waals surface area contributed by atoms with Crippen LogP contribution in [-0.4, -0.2) is 22.0 Å². The Kier molecular flexibility index (Phi) is 4.28. The number of aromatic nitrogens is 1. The number of carbonyl (C=O) groups excluding carboxylic acids is 1. The van der Waals surface area contributed by atoms with Crippen LogP contribution in [0.2, 0.25) is 0 Å². The second-order valence-corrected chi connectivity index (χ2v) is 4.53. The molecule has 5 nitrogen and oxygen atoms in total. The van der Waals surface area contributed by atoms with E-state index >= 15 is 0 Å². The molecule has 19 heavy (non-hydrogen) atoms. The lowest BCUT2D eigenvalue weighted by Crippen LogP contribution is -2.38. The summed E-state index contributed by atoms with van der Waals surface area (Å²) in [5, 5.41) is 11.9. The zero-order chi connectivity index (χ0) is 13.7. The predicted octanol–water partition coefficient (Wildman–Crippen LogP) is 1.36. The molecule has 1 aliphatic rings. The van der Waals surface area contributed by atoms with Crippen molar-refractivity contribution in [1.29, 1.82) is 0 Å². The van der Waals surface area contributed by atoms with Crippen LogP contribution in [0.4, 0.5) is 0 Å². The molecule has 0 saturated heterocycles. The Balaban J connectivity index is 1.95. The number of aliphatic carboxylic acids is 1. The Hall–Kier alpha value is -2.17. The number of amides is 1. The SMILES string of the molecule is O=C(O)[C@H]1CC=CC[C@H]1C(=O)NCc1ccccn1. The van der Waals surface area contributed by atoms with Crippen LogP contribution in [-0.2, 0) is 16.1 Å². The van der Waals surface area contributed by atoms with Gasteiger partial charge in [-0.15, -0.1) is 0 Å². The van der Waals surface area contributed by atoms with Gasteiger partial charge in [0.1, 0.15) is 0 Å². The molecule has 0 unspecified atom stereocenters. The number of hydrogen-bond acceptors (Lipinski definition) is 3. The van der Waals surface area contributed by atoms with E-state index in [1.54, 1.807) is 12.3 Å². The monoisotopic (exact) mass is 260 g/mol. The van der Waals surface area contributed by atoms with Crippen molar-refractivity contribution in [2.24, 2.45) is 11.8 Å². The van der Waals surface area contributed by atoms with Crippen molar-refractivity contribution in [3.63, 3.8) is 0 Å². The summed E-state index contributed by atoms with van der Waals surface area (Å²) in [6.45, 7) is 0.326. The lowest BCUT2D eigenvalue weighted by Gasteiger charge is -2.24. The van der Waals surface area contributed by atoms with Crippen LogP contribution >= 0.6 is 0 Å². The van der Waals surface area contributed by atoms with Crippen molar-refractivity contribution in [1.82, 2.24) is 10.3 Å². The van der Waals surface area contributed by atoms with E-state index in [4.69, 9.17) is 5.11 Å². The third-order valence-corrected chi connectivity index (χ3v) is 3.26. The summed E-state index contributed by atoms with van der Waals surface area (Å²) in [7, 11) is 0.